The van der Waals surface area contributed by atoms with Crippen molar-refractivity contribution in [2.45, 2.75) is 38.0 Å². The van der Waals surface area contributed by atoms with Crippen molar-refractivity contribution in [2.75, 3.05) is 22.9 Å². The summed E-state index contributed by atoms with van der Waals surface area (Å²) >= 11 is 0. The molecule has 0 spiro atoms. The second-order valence-electron chi connectivity index (χ2n) is 19.4. The van der Waals surface area contributed by atoms with Crippen LogP contribution in [0.25, 0.3) is 71.6 Å². The first-order valence-electron chi connectivity index (χ1n) is 25.2. The van der Waals surface area contributed by atoms with Crippen LogP contribution in [0.5, 0.6) is 0 Å². The molecule has 2 heterocycles. The SMILES string of the molecule is C1=CC(c2cccc(-c3c4ccc(N5CCCc6ccccc65)cc4c(-c4cccc(-c5ccc(-c6ccccc6)cc5)c4)c4ccc(N5CCCc6ccccc65)cc34)c2)CC=C1c1ccccc1. The molecule has 0 amide bonds. The molecule has 0 radical (unpaired) electrons. The van der Waals surface area contributed by atoms with E-state index in [1.165, 1.54) is 117 Å². The maximum absolute atomic E-state index is 2.56. The van der Waals surface area contributed by atoms with Gasteiger partial charge in [0.1, 0.15) is 0 Å². The maximum Gasteiger partial charge on any atom is 0.0443 e. The molecule has 10 aromatic carbocycles. The lowest BCUT2D eigenvalue weighted by Crippen LogP contribution is -2.24. The van der Waals surface area contributed by atoms with Crippen LogP contribution < -0.4 is 9.80 Å². The number of allylic oxidation sites excluding steroid dienone is 4. The highest BCUT2D eigenvalue weighted by molar-refractivity contribution is 6.22. The summed E-state index contributed by atoms with van der Waals surface area (Å²) in [6.45, 7) is 1.98. The summed E-state index contributed by atoms with van der Waals surface area (Å²) in [6, 6.07) is 81.9. The lowest BCUT2D eigenvalue weighted by Gasteiger charge is -2.32. The Labute approximate surface area is 412 Å². The first-order valence-corrected chi connectivity index (χ1v) is 25.2. The van der Waals surface area contributed by atoms with E-state index in [0.717, 1.165) is 45.2 Å². The molecule has 0 bridgehead atoms. The number of aryl methyl sites for hydroxylation is 2. The molecule has 2 heteroatoms. The van der Waals surface area contributed by atoms with Gasteiger partial charge in [-0.2, -0.15) is 0 Å². The molecule has 1 unspecified atom stereocenters. The quantitative estimate of drug-likeness (QED) is 0.140. The molecule has 0 saturated carbocycles. The van der Waals surface area contributed by atoms with Gasteiger partial charge in [-0.3, -0.25) is 0 Å². The van der Waals surface area contributed by atoms with E-state index in [9.17, 15) is 0 Å². The predicted molar refractivity (Wildman–Crippen MR) is 298 cm³/mol. The monoisotopic (exact) mass is 898 g/mol. The third-order valence-corrected chi connectivity index (χ3v) is 15.2. The van der Waals surface area contributed by atoms with Gasteiger partial charge < -0.3 is 9.80 Å². The molecule has 13 rings (SSSR count). The van der Waals surface area contributed by atoms with Gasteiger partial charge in [0.25, 0.3) is 0 Å². The van der Waals surface area contributed by atoms with Crippen LogP contribution >= 0.6 is 0 Å². The van der Waals surface area contributed by atoms with Gasteiger partial charge in [0, 0.05) is 41.8 Å². The largest absolute Gasteiger partial charge is 0.341 e. The number of benzene rings is 10. The smallest absolute Gasteiger partial charge is 0.0443 e. The summed E-state index contributed by atoms with van der Waals surface area (Å²) in [5, 5.41) is 5.09. The van der Waals surface area contributed by atoms with Crippen LogP contribution in [0.2, 0.25) is 0 Å². The highest BCUT2D eigenvalue weighted by atomic mass is 15.1. The van der Waals surface area contributed by atoms with Crippen LogP contribution in [0, 0.1) is 0 Å². The summed E-state index contributed by atoms with van der Waals surface area (Å²) < 4.78 is 0. The average molecular weight is 899 g/mol. The van der Waals surface area contributed by atoms with Gasteiger partial charge in [-0.1, -0.05) is 194 Å². The van der Waals surface area contributed by atoms with Crippen molar-refractivity contribution in [3.8, 4) is 44.5 Å². The highest BCUT2D eigenvalue weighted by Crippen LogP contribution is 2.49. The zero-order chi connectivity index (χ0) is 46.4. The predicted octanol–water partition coefficient (Wildman–Crippen LogP) is 18.0. The summed E-state index contributed by atoms with van der Waals surface area (Å²) in [4.78, 5) is 5.11. The molecule has 10 aromatic rings. The third-order valence-electron chi connectivity index (χ3n) is 15.2. The Morgan fingerprint density at radius 1 is 0.357 bits per heavy atom. The van der Waals surface area contributed by atoms with Crippen molar-refractivity contribution in [3.63, 3.8) is 0 Å². The number of hydrogen-bond acceptors (Lipinski definition) is 2. The molecule has 0 saturated heterocycles. The molecule has 70 heavy (non-hydrogen) atoms. The summed E-state index contributed by atoms with van der Waals surface area (Å²) in [7, 11) is 0. The van der Waals surface area contributed by atoms with Crippen LogP contribution in [0.4, 0.5) is 22.7 Å². The Morgan fingerprint density at radius 3 is 1.43 bits per heavy atom. The minimum atomic E-state index is 0.292. The van der Waals surface area contributed by atoms with Gasteiger partial charge in [-0.15, -0.1) is 0 Å². The van der Waals surface area contributed by atoms with Crippen LogP contribution in [0.3, 0.4) is 0 Å². The summed E-state index contributed by atoms with van der Waals surface area (Å²) in [5.41, 5.74) is 21.8. The second-order valence-corrected chi connectivity index (χ2v) is 19.4. The van der Waals surface area contributed by atoms with E-state index < -0.39 is 0 Å². The zero-order valence-corrected chi connectivity index (χ0v) is 39.4. The van der Waals surface area contributed by atoms with Crippen molar-refractivity contribution in [2.24, 2.45) is 0 Å². The summed E-state index contributed by atoms with van der Waals surface area (Å²) in [6.07, 6.45) is 12.6. The lowest BCUT2D eigenvalue weighted by atomic mass is 9.83. The Bertz CT molecular complexity index is 3640. The molecular weight excluding hydrogens is 845 g/mol. The van der Waals surface area contributed by atoms with E-state index in [-0.39, 0.29) is 0 Å². The van der Waals surface area contributed by atoms with Gasteiger partial charge in [0.15, 0.2) is 0 Å². The number of para-hydroxylation sites is 2. The van der Waals surface area contributed by atoms with Crippen molar-refractivity contribution >= 4 is 49.9 Å². The first kappa shape index (κ1) is 41.9. The van der Waals surface area contributed by atoms with Crippen LogP contribution in [0.1, 0.15) is 47.4 Å². The standard InChI is InChI=1S/C68H54N2/c1-3-15-47(16-4-1)49-29-33-51(34-30-49)55-21-11-23-57(43-55)67-61-39-37-60(70-42-14-26-54-20-8-10-28-66(54)70)46-64(61)68(62-40-38-59(45-63(62)67)69-41-13-25-53-19-7-9-27-65(53)69)58-24-12-22-56(44-58)52-35-31-50(32-36-52)48-17-5-2-6-18-48/h1-12,15-24,27-35,37-40,43-46,52H,13-14,25-26,36,41-42H2. The Balaban J connectivity index is 1.02. The Hall–Kier alpha value is -8.20. The molecule has 336 valence electrons. The highest BCUT2D eigenvalue weighted by Gasteiger charge is 2.25. The van der Waals surface area contributed by atoms with E-state index in [4.69, 9.17) is 0 Å². The van der Waals surface area contributed by atoms with Gasteiger partial charge in [-0.25, -0.2) is 0 Å². The fourth-order valence-electron chi connectivity index (χ4n) is 11.7. The lowest BCUT2D eigenvalue weighted by molar-refractivity contribution is 0.767. The molecule has 2 aliphatic heterocycles. The molecule has 0 N–H and O–H groups in total. The van der Waals surface area contributed by atoms with Gasteiger partial charge >= 0.3 is 0 Å². The van der Waals surface area contributed by atoms with Crippen molar-refractivity contribution in [1.29, 1.82) is 0 Å². The van der Waals surface area contributed by atoms with Crippen LogP contribution in [-0.2, 0) is 12.8 Å². The second kappa shape index (κ2) is 18.0. The van der Waals surface area contributed by atoms with E-state index in [1.54, 1.807) is 0 Å². The van der Waals surface area contributed by atoms with Gasteiger partial charge in [0.05, 0.1) is 0 Å². The van der Waals surface area contributed by atoms with Crippen LogP contribution in [-0.4, -0.2) is 13.1 Å². The molecule has 0 fully saturated rings. The number of fused-ring (bicyclic) bond motifs is 4. The number of anilines is 4. The van der Waals surface area contributed by atoms with E-state index in [1.807, 2.05) is 0 Å². The molecular formula is C68H54N2. The van der Waals surface area contributed by atoms with Crippen LogP contribution in [0.15, 0.2) is 237 Å². The number of rotatable bonds is 8. The molecule has 0 aromatic heterocycles. The zero-order valence-electron chi connectivity index (χ0n) is 39.4. The Kier molecular flexibility index (Phi) is 10.8. The fraction of sp³-hybridized carbons (Fsp3) is 0.118. The van der Waals surface area contributed by atoms with Crippen molar-refractivity contribution in [1.82, 2.24) is 0 Å². The van der Waals surface area contributed by atoms with E-state index >= 15 is 0 Å². The van der Waals surface area contributed by atoms with Crippen molar-refractivity contribution in [3.05, 3.63) is 259 Å². The number of hydrogen-bond donors (Lipinski definition) is 0. The molecule has 1 atom stereocenters. The fourth-order valence-corrected chi connectivity index (χ4v) is 11.7. The normalized spacial score (nSPS) is 15.4. The van der Waals surface area contributed by atoms with Gasteiger partial charge in [-0.05, 0) is 168 Å². The molecule has 2 nitrogen and oxygen atoms in total. The topological polar surface area (TPSA) is 6.48 Å². The first-order chi connectivity index (χ1) is 34.7. The van der Waals surface area contributed by atoms with E-state index in [2.05, 4.69) is 246 Å². The number of nitrogens with zero attached hydrogens (tertiary/aromatic N) is 2. The minimum Gasteiger partial charge on any atom is -0.341 e. The molecule has 1 aliphatic carbocycles. The van der Waals surface area contributed by atoms with E-state index in [0.29, 0.717) is 5.92 Å². The summed E-state index contributed by atoms with van der Waals surface area (Å²) in [5.74, 6) is 0.292. The molecule has 3 aliphatic rings. The van der Waals surface area contributed by atoms with Crippen molar-refractivity contribution < 1.29 is 0 Å². The van der Waals surface area contributed by atoms with Gasteiger partial charge in [0.2, 0.25) is 0 Å². The average Bonchev–Trinajstić information content (AvgIpc) is 3.44. The Morgan fingerprint density at radius 2 is 0.843 bits per heavy atom. The minimum absolute atomic E-state index is 0.292. The maximum atomic E-state index is 2.56. The third kappa shape index (κ3) is 7.71.